The number of nitrogens with zero attached hydrogens (tertiary/aromatic N) is 2. The Morgan fingerprint density at radius 1 is 1.18 bits per heavy atom. The average Bonchev–Trinajstić information content (AvgIpc) is 2.71. The van der Waals surface area contributed by atoms with E-state index >= 15 is 0 Å². The van der Waals surface area contributed by atoms with Crippen molar-refractivity contribution >= 4 is 10.9 Å². The Kier molecular flexibility index (Phi) is 4.13. The van der Waals surface area contributed by atoms with Crippen LogP contribution in [-0.4, -0.2) is 37.1 Å². The molecular weight excluding hydrogens is 351 g/mol. The molecule has 2 aromatic carbocycles. The van der Waals surface area contributed by atoms with Gasteiger partial charge in [-0.3, -0.25) is 4.98 Å². The maximum absolute atomic E-state index is 13.7. The van der Waals surface area contributed by atoms with E-state index in [1.165, 1.54) is 22.9 Å². The number of aromatic nitrogens is 1. The SMILES string of the molecule is COc1cccc([C@@]23CCN(C)C[C@@H]2Cc2cc4cc(F)ccc4nc2C3)c1. The fourth-order valence-corrected chi connectivity index (χ4v) is 5.27. The van der Waals surface area contributed by atoms with E-state index in [0.717, 1.165) is 49.0 Å². The van der Waals surface area contributed by atoms with Gasteiger partial charge in [-0.2, -0.15) is 0 Å². The van der Waals surface area contributed by atoms with Crippen LogP contribution < -0.4 is 4.74 Å². The molecule has 0 amide bonds. The molecule has 1 aliphatic carbocycles. The van der Waals surface area contributed by atoms with Crippen LogP contribution in [-0.2, 0) is 18.3 Å². The lowest BCUT2D eigenvalue weighted by molar-refractivity contribution is 0.0987. The van der Waals surface area contributed by atoms with Crippen molar-refractivity contribution in [1.29, 1.82) is 0 Å². The average molecular weight is 376 g/mol. The molecule has 28 heavy (non-hydrogen) atoms. The van der Waals surface area contributed by atoms with E-state index in [1.54, 1.807) is 19.2 Å². The molecule has 4 heteroatoms. The highest BCUT2D eigenvalue weighted by Gasteiger charge is 2.47. The highest BCUT2D eigenvalue weighted by Crippen LogP contribution is 2.48. The number of fused-ring (bicyclic) bond motifs is 3. The summed E-state index contributed by atoms with van der Waals surface area (Å²) in [5, 5.41) is 0.900. The summed E-state index contributed by atoms with van der Waals surface area (Å²) in [6.07, 6.45) is 3.03. The van der Waals surface area contributed by atoms with E-state index in [-0.39, 0.29) is 11.2 Å². The minimum Gasteiger partial charge on any atom is -0.497 e. The van der Waals surface area contributed by atoms with Crippen LogP contribution in [0.4, 0.5) is 4.39 Å². The molecule has 0 N–H and O–H groups in total. The zero-order valence-corrected chi connectivity index (χ0v) is 16.4. The Bertz CT molecular complexity index is 1050. The van der Waals surface area contributed by atoms with Gasteiger partial charge in [0.15, 0.2) is 0 Å². The smallest absolute Gasteiger partial charge is 0.123 e. The van der Waals surface area contributed by atoms with Crippen molar-refractivity contribution in [2.24, 2.45) is 5.92 Å². The number of hydrogen-bond donors (Lipinski definition) is 0. The van der Waals surface area contributed by atoms with Crippen LogP contribution >= 0.6 is 0 Å². The first-order valence-corrected chi connectivity index (χ1v) is 9.98. The van der Waals surface area contributed by atoms with Gasteiger partial charge < -0.3 is 9.64 Å². The lowest BCUT2D eigenvalue weighted by atomic mass is 9.58. The molecule has 1 aromatic heterocycles. The van der Waals surface area contributed by atoms with Gasteiger partial charge in [-0.15, -0.1) is 0 Å². The first kappa shape index (κ1) is 17.6. The molecular formula is C24H25FN2O. The van der Waals surface area contributed by atoms with Crippen molar-refractivity contribution in [3.05, 3.63) is 71.2 Å². The Hall–Kier alpha value is -2.46. The molecule has 0 radical (unpaired) electrons. The predicted molar refractivity (Wildman–Crippen MR) is 109 cm³/mol. The second kappa shape index (κ2) is 6.56. The third-order valence-electron chi connectivity index (χ3n) is 6.79. The first-order chi connectivity index (χ1) is 13.6. The standard InChI is InChI=1S/C24H25FN2O/c1-27-9-8-24(18-4-3-5-21(13-18)28-2)14-23-16(11-19(24)15-27)10-17-12-20(25)6-7-22(17)26-23/h3-7,10,12-13,19H,8-9,11,14-15H2,1-2H3/t19-,24-/m0/s1. The molecule has 1 saturated heterocycles. The van der Waals surface area contributed by atoms with Crippen LogP contribution in [0.5, 0.6) is 5.75 Å². The van der Waals surface area contributed by atoms with Crippen molar-refractivity contribution in [3.63, 3.8) is 0 Å². The number of benzene rings is 2. The number of piperidine rings is 1. The second-order valence-corrected chi connectivity index (χ2v) is 8.41. The Morgan fingerprint density at radius 3 is 2.93 bits per heavy atom. The van der Waals surface area contributed by atoms with Gasteiger partial charge in [-0.05, 0) is 79.9 Å². The first-order valence-electron chi connectivity index (χ1n) is 9.98. The van der Waals surface area contributed by atoms with Gasteiger partial charge in [0, 0.05) is 29.5 Å². The Balaban J connectivity index is 1.65. The van der Waals surface area contributed by atoms with E-state index < -0.39 is 0 Å². The third kappa shape index (κ3) is 2.78. The summed E-state index contributed by atoms with van der Waals surface area (Å²) in [6, 6.07) is 15.6. The normalized spacial score (nSPS) is 24.6. The zero-order chi connectivity index (χ0) is 19.3. The van der Waals surface area contributed by atoms with Gasteiger partial charge in [-0.25, -0.2) is 4.39 Å². The summed E-state index contributed by atoms with van der Waals surface area (Å²) in [5.41, 5.74) is 4.76. The molecule has 3 nitrogen and oxygen atoms in total. The van der Waals surface area contributed by atoms with Gasteiger partial charge in [0.2, 0.25) is 0 Å². The molecule has 0 bridgehead atoms. The predicted octanol–water partition coefficient (Wildman–Crippen LogP) is 4.37. The van der Waals surface area contributed by atoms with Crippen LogP contribution in [0.2, 0.25) is 0 Å². The molecule has 3 aromatic rings. The summed E-state index contributed by atoms with van der Waals surface area (Å²) in [7, 11) is 3.94. The highest BCUT2D eigenvalue weighted by molar-refractivity contribution is 5.79. The van der Waals surface area contributed by atoms with Crippen LogP contribution in [0.3, 0.4) is 0 Å². The van der Waals surface area contributed by atoms with Crippen molar-refractivity contribution in [1.82, 2.24) is 9.88 Å². The van der Waals surface area contributed by atoms with Crippen molar-refractivity contribution in [2.45, 2.75) is 24.7 Å². The van der Waals surface area contributed by atoms with Crippen molar-refractivity contribution < 1.29 is 9.13 Å². The Labute approximate surface area is 165 Å². The molecule has 1 fully saturated rings. The van der Waals surface area contributed by atoms with Gasteiger partial charge in [-0.1, -0.05) is 12.1 Å². The van der Waals surface area contributed by atoms with Crippen molar-refractivity contribution in [3.8, 4) is 5.75 Å². The highest BCUT2D eigenvalue weighted by atomic mass is 19.1. The molecule has 0 saturated carbocycles. The molecule has 144 valence electrons. The number of rotatable bonds is 2. The number of pyridine rings is 1. The van der Waals surface area contributed by atoms with Crippen LogP contribution in [0, 0.1) is 11.7 Å². The van der Waals surface area contributed by atoms with E-state index in [0.29, 0.717) is 5.92 Å². The fourth-order valence-electron chi connectivity index (χ4n) is 5.27. The molecule has 0 spiro atoms. The quantitative estimate of drug-likeness (QED) is 0.664. The number of likely N-dealkylation sites (tertiary alicyclic amines) is 1. The number of halogens is 1. The summed E-state index contributed by atoms with van der Waals surface area (Å²) >= 11 is 0. The van der Waals surface area contributed by atoms with E-state index in [4.69, 9.17) is 9.72 Å². The molecule has 5 rings (SSSR count). The van der Waals surface area contributed by atoms with Gasteiger partial charge >= 0.3 is 0 Å². The molecule has 0 unspecified atom stereocenters. The minimum atomic E-state index is -0.201. The van der Waals surface area contributed by atoms with Crippen LogP contribution in [0.25, 0.3) is 10.9 Å². The van der Waals surface area contributed by atoms with Gasteiger partial charge in [0.05, 0.1) is 12.6 Å². The lowest BCUT2D eigenvalue weighted by Crippen LogP contribution is -2.53. The molecule has 2 heterocycles. The van der Waals surface area contributed by atoms with Crippen molar-refractivity contribution in [2.75, 3.05) is 27.2 Å². The number of ether oxygens (including phenoxy) is 1. The van der Waals surface area contributed by atoms with Crippen LogP contribution in [0.15, 0.2) is 48.5 Å². The largest absolute Gasteiger partial charge is 0.497 e. The maximum atomic E-state index is 13.7. The monoisotopic (exact) mass is 376 g/mol. The van der Waals surface area contributed by atoms with E-state index in [9.17, 15) is 4.39 Å². The zero-order valence-electron chi connectivity index (χ0n) is 16.4. The topological polar surface area (TPSA) is 25.4 Å². The van der Waals surface area contributed by atoms with E-state index in [2.05, 4.69) is 36.2 Å². The second-order valence-electron chi connectivity index (χ2n) is 8.41. The summed E-state index contributed by atoms with van der Waals surface area (Å²) < 4.78 is 19.2. The number of hydrogen-bond acceptors (Lipinski definition) is 3. The van der Waals surface area contributed by atoms with Crippen LogP contribution in [0.1, 0.15) is 23.2 Å². The fraction of sp³-hybridized carbons (Fsp3) is 0.375. The maximum Gasteiger partial charge on any atom is 0.123 e. The summed E-state index contributed by atoms with van der Waals surface area (Å²) in [4.78, 5) is 7.40. The third-order valence-corrected chi connectivity index (χ3v) is 6.79. The van der Waals surface area contributed by atoms with Gasteiger partial charge in [0.1, 0.15) is 11.6 Å². The van der Waals surface area contributed by atoms with Gasteiger partial charge in [0.25, 0.3) is 0 Å². The van der Waals surface area contributed by atoms with E-state index in [1.807, 2.05) is 6.07 Å². The summed E-state index contributed by atoms with van der Waals surface area (Å²) in [6.45, 7) is 2.15. The molecule has 2 atom stereocenters. The molecule has 2 aliphatic rings. The number of methoxy groups -OCH3 is 1. The minimum absolute atomic E-state index is 0.0781. The lowest BCUT2D eigenvalue weighted by Gasteiger charge is -2.50. The Morgan fingerprint density at radius 2 is 2.07 bits per heavy atom. The molecule has 1 aliphatic heterocycles. The summed E-state index contributed by atoms with van der Waals surface area (Å²) in [5.74, 6) is 1.23.